The first-order valence-corrected chi connectivity index (χ1v) is 7.48. The smallest absolute Gasteiger partial charge is 0.303 e. The molecule has 0 aromatic carbocycles. The van der Waals surface area contributed by atoms with Crippen LogP contribution in [0.1, 0.15) is 59.3 Å². The van der Waals surface area contributed by atoms with Crippen LogP contribution in [0.5, 0.6) is 0 Å². The van der Waals surface area contributed by atoms with Gasteiger partial charge in [-0.1, -0.05) is 6.92 Å². The van der Waals surface area contributed by atoms with E-state index < -0.39 is 5.97 Å². The standard InChI is InChI=1S/C15H29NO2/c1-4-9-16(12(2)3)11-14-7-5-13(6-8-14)10-15(17)18/h12-14H,4-11H2,1-3H3,(H,17,18). The molecule has 3 nitrogen and oxygen atoms in total. The van der Waals surface area contributed by atoms with Gasteiger partial charge in [-0.15, -0.1) is 0 Å². The van der Waals surface area contributed by atoms with Crippen LogP contribution >= 0.6 is 0 Å². The first-order valence-electron chi connectivity index (χ1n) is 7.48. The van der Waals surface area contributed by atoms with Crippen LogP contribution in [-0.2, 0) is 4.79 Å². The minimum Gasteiger partial charge on any atom is -0.481 e. The predicted octanol–water partition coefficient (Wildman–Crippen LogP) is 3.39. The molecular formula is C15H29NO2. The quantitative estimate of drug-likeness (QED) is 0.758. The Kier molecular flexibility index (Phi) is 6.69. The van der Waals surface area contributed by atoms with E-state index in [9.17, 15) is 4.79 Å². The largest absolute Gasteiger partial charge is 0.481 e. The second-order valence-corrected chi connectivity index (χ2v) is 6.07. The van der Waals surface area contributed by atoms with Gasteiger partial charge in [-0.2, -0.15) is 0 Å². The third-order valence-electron chi connectivity index (χ3n) is 4.16. The van der Waals surface area contributed by atoms with Gasteiger partial charge < -0.3 is 10.0 Å². The predicted molar refractivity (Wildman–Crippen MR) is 74.7 cm³/mol. The van der Waals surface area contributed by atoms with E-state index in [4.69, 9.17) is 5.11 Å². The molecule has 0 amide bonds. The summed E-state index contributed by atoms with van der Waals surface area (Å²) >= 11 is 0. The summed E-state index contributed by atoms with van der Waals surface area (Å²) in [5, 5.41) is 8.81. The van der Waals surface area contributed by atoms with Gasteiger partial charge >= 0.3 is 5.97 Å². The number of rotatable bonds is 7. The average Bonchev–Trinajstić information content (AvgIpc) is 2.30. The van der Waals surface area contributed by atoms with E-state index in [0.29, 0.717) is 18.4 Å². The Hall–Kier alpha value is -0.570. The fourth-order valence-electron chi connectivity index (χ4n) is 3.04. The summed E-state index contributed by atoms with van der Waals surface area (Å²) < 4.78 is 0. The third kappa shape index (κ3) is 5.38. The molecule has 0 atom stereocenters. The van der Waals surface area contributed by atoms with Crippen molar-refractivity contribution in [3.8, 4) is 0 Å². The zero-order valence-electron chi connectivity index (χ0n) is 12.2. The Morgan fingerprint density at radius 1 is 1.22 bits per heavy atom. The summed E-state index contributed by atoms with van der Waals surface area (Å²) in [5.41, 5.74) is 0. The second-order valence-electron chi connectivity index (χ2n) is 6.07. The van der Waals surface area contributed by atoms with E-state index in [1.54, 1.807) is 0 Å². The monoisotopic (exact) mass is 255 g/mol. The Morgan fingerprint density at radius 2 is 1.78 bits per heavy atom. The number of hydrogen-bond donors (Lipinski definition) is 1. The highest BCUT2D eigenvalue weighted by atomic mass is 16.4. The lowest BCUT2D eigenvalue weighted by molar-refractivity contribution is -0.138. The van der Waals surface area contributed by atoms with Crippen LogP contribution < -0.4 is 0 Å². The molecule has 0 radical (unpaired) electrons. The first-order chi connectivity index (χ1) is 8.52. The summed E-state index contributed by atoms with van der Waals surface area (Å²) in [7, 11) is 0. The molecule has 1 rings (SSSR count). The second kappa shape index (κ2) is 7.78. The average molecular weight is 255 g/mol. The topological polar surface area (TPSA) is 40.5 Å². The van der Waals surface area contributed by atoms with E-state index in [1.807, 2.05) is 0 Å². The van der Waals surface area contributed by atoms with Gasteiger partial charge in [0.1, 0.15) is 0 Å². The van der Waals surface area contributed by atoms with Crippen LogP contribution in [-0.4, -0.2) is 35.1 Å². The van der Waals surface area contributed by atoms with Gasteiger partial charge in [0, 0.05) is 19.0 Å². The molecule has 1 fully saturated rings. The number of carbonyl (C=O) groups is 1. The maximum Gasteiger partial charge on any atom is 0.303 e. The van der Waals surface area contributed by atoms with Crippen LogP contribution in [0.25, 0.3) is 0 Å². The lowest BCUT2D eigenvalue weighted by atomic mass is 9.80. The lowest BCUT2D eigenvalue weighted by Crippen LogP contribution is -2.37. The van der Waals surface area contributed by atoms with Crippen LogP contribution in [0.3, 0.4) is 0 Å². The molecule has 1 aliphatic carbocycles. The number of nitrogens with zero attached hydrogens (tertiary/aromatic N) is 1. The third-order valence-corrected chi connectivity index (χ3v) is 4.16. The number of hydrogen-bond acceptors (Lipinski definition) is 2. The van der Waals surface area contributed by atoms with Crippen molar-refractivity contribution in [1.82, 2.24) is 4.90 Å². The molecule has 106 valence electrons. The zero-order chi connectivity index (χ0) is 13.5. The highest BCUT2D eigenvalue weighted by Crippen LogP contribution is 2.31. The fraction of sp³-hybridized carbons (Fsp3) is 0.933. The highest BCUT2D eigenvalue weighted by Gasteiger charge is 2.24. The van der Waals surface area contributed by atoms with Crippen molar-refractivity contribution in [2.75, 3.05) is 13.1 Å². The van der Waals surface area contributed by atoms with Crippen molar-refractivity contribution in [1.29, 1.82) is 0 Å². The van der Waals surface area contributed by atoms with Crippen LogP contribution in [0.4, 0.5) is 0 Å². The summed E-state index contributed by atoms with van der Waals surface area (Å²) in [6.45, 7) is 9.16. The SMILES string of the molecule is CCCN(CC1CCC(CC(=O)O)CC1)C(C)C. The maximum absolute atomic E-state index is 10.7. The van der Waals surface area contributed by atoms with Crippen molar-refractivity contribution in [3.63, 3.8) is 0 Å². The van der Waals surface area contributed by atoms with Gasteiger partial charge in [-0.3, -0.25) is 4.79 Å². The van der Waals surface area contributed by atoms with Gasteiger partial charge in [0.2, 0.25) is 0 Å². The Bertz CT molecular complexity index is 245. The first kappa shape index (κ1) is 15.5. The molecule has 0 unspecified atom stereocenters. The number of carboxylic acids is 1. The Labute approximate surface area is 112 Å². The maximum atomic E-state index is 10.7. The molecule has 0 saturated heterocycles. The van der Waals surface area contributed by atoms with Crippen molar-refractivity contribution in [3.05, 3.63) is 0 Å². The molecule has 18 heavy (non-hydrogen) atoms. The van der Waals surface area contributed by atoms with Gasteiger partial charge in [0.05, 0.1) is 0 Å². The Morgan fingerprint density at radius 3 is 2.22 bits per heavy atom. The van der Waals surface area contributed by atoms with E-state index in [1.165, 1.54) is 32.4 Å². The van der Waals surface area contributed by atoms with E-state index in [0.717, 1.165) is 18.8 Å². The number of carboxylic acid groups (broad SMARTS) is 1. The molecule has 0 aliphatic heterocycles. The molecule has 1 aliphatic rings. The molecule has 0 aromatic heterocycles. The molecule has 1 N–H and O–H groups in total. The summed E-state index contributed by atoms with van der Waals surface area (Å²) in [6.07, 6.45) is 6.22. The van der Waals surface area contributed by atoms with Crippen LogP contribution in [0.2, 0.25) is 0 Å². The fourth-order valence-corrected chi connectivity index (χ4v) is 3.04. The van der Waals surface area contributed by atoms with Crippen molar-refractivity contribution in [2.45, 2.75) is 65.3 Å². The van der Waals surface area contributed by atoms with E-state index >= 15 is 0 Å². The molecule has 1 saturated carbocycles. The van der Waals surface area contributed by atoms with Crippen molar-refractivity contribution >= 4 is 5.97 Å². The van der Waals surface area contributed by atoms with Crippen LogP contribution in [0, 0.1) is 11.8 Å². The van der Waals surface area contributed by atoms with Gasteiger partial charge in [0.25, 0.3) is 0 Å². The molecule has 3 heteroatoms. The normalized spacial score (nSPS) is 24.7. The van der Waals surface area contributed by atoms with Gasteiger partial charge in [0.15, 0.2) is 0 Å². The molecule has 0 spiro atoms. The molecule has 0 heterocycles. The van der Waals surface area contributed by atoms with Crippen LogP contribution in [0.15, 0.2) is 0 Å². The minimum atomic E-state index is -0.631. The minimum absolute atomic E-state index is 0.371. The zero-order valence-corrected chi connectivity index (χ0v) is 12.2. The summed E-state index contributed by atoms with van der Waals surface area (Å²) in [5.74, 6) is 0.578. The van der Waals surface area contributed by atoms with Gasteiger partial charge in [-0.25, -0.2) is 0 Å². The number of aliphatic carboxylic acids is 1. The van der Waals surface area contributed by atoms with E-state index in [2.05, 4.69) is 25.7 Å². The molecular weight excluding hydrogens is 226 g/mol. The summed E-state index contributed by atoms with van der Waals surface area (Å²) in [6, 6.07) is 0.627. The lowest BCUT2D eigenvalue weighted by Gasteiger charge is -2.34. The molecule has 0 bridgehead atoms. The highest BCUT2D eigenvalue weighted by molar-refractivity contribution is 5.67. The summed E-state index contributed by atoms with van der Waals surface area (Å²) in [4.78, 5) is 13.3. The van der Waals surface area contributed by atoms with Gasteiger partial charge in [-0.05, 0) is 64.3 Å². The molecule has 0 aromatic rings. The van der Waals surface area contributed by atoms with E-state index in [-0.39, 0.29) is 0 Å². The Balaban J connectivity index is 2.31. The van der Waals surface area contributed by atoms with Crippen molar-refractivity contribution in [2.24, 2.45) is 11.8 Å². The van der Waals surface area contributed by atoms with Crippen molar-refractivity contribution < 1.29 is 9.90 Å².